The molecule has 0 fully saturated rings. The van der Waals surface area contributed by atoms with Gasteiger partial charge in [0.05, 0.1) is 18.1 Å². The second-order valence-electron chi connectivity index (χ2n) is 4.63. The third-order valence-electron chi connectivity index (χ3n) is 3.36. The van der Waals surface area contributed by atoms with Gasteiger partial charge in [-0.3, -0.25) is 10.1 Å². The Hall–Kier alpha value is -1.67. The molecule has 0 saturated carbocycles. The van der Waals surface area contributed by atoms with Crippen molar-refractivity contribution < 1.29 is 18.1 Å². The SMILES string of the molecule is CCC(CC)CNS(=O)(=O)c1ccc([N+](=O)[O-])cc1OC. The molecule has 1 rings (SSSR count). The maximum absolute atomic E-state index is 12.3. The molecule has 8 heteroatoms. The fourth-order valence-corrected chi connectivity index (χ4v) is 3.14. The van der Waals surface area contributed by atoms with Crippen LogP contribution in [-0.2, 0) is 10.0 Å². The summed E-state index contributed by atoms with van der Waals surface area (Å²) in [5.41, 5.74) is -0.217. The zero-order chi connectivity index (χ0) is 16.0. The second kappa shape index (κ2) is 7.37. The molecule has 0 aliphatic heterocycles. The number of benzene rings is 1. The molecule has 1 aromatic carbocycles. The van der Waals surface area contributed by atoms with Gasteiger partial charge in [-0.1, -0.05) is 26.7 Å². The van der Waals surface area contributed by atoms with E-state index in [2.05, 4.69) is 4.72 Å². The summed E-state index contributed by atoms with van der Waals surface area (Å²) >= 11 is 0. The summed E-state index contributed by atoms with van der Waals surface area (Å²) in [7, 11) is -2.48. The van der Waals surface area contributed by atoms with Crippen LogP contribution in [0.2, 0.25) is 0 Å². The Balaban J connectivity index is 3.05. The van der Waals surface area contributed by atoms with Crippen molar-refractivity contribution in [3.05, 3.63) is 28.3 Å². The van der Waals surface area contributed by atoms with E-state index in [9.17, 15) is 18.5 Å². The summed E-state index contributed by atoms with van der Waals surface area (Å²) in [4.78, 5) is 10.0. The van der Waals surface area contributed by atoms with Crippen molar-refractivity contribution in [2.45, 2.75) is 31.6 Å². The summed E-state index contributed by atoms with van der Waals surface area (Å²) < 4.78 is 32.0. The van der Waals surface area contributed by atoms with E-state index in [0.717, 1.165) is 25.0 Å². The van der Waals surface area contributed by atoms with Gasteiger partial charge in [0.2, 0.25) is 10.0 Å². The van der Waals surface area contributed by atoms with Crippen LogP contribution >= 0.6 is 0 Å². The van der Waals surface area contributed by atoms with Gasteiger partial charge in [0.25, 0.3) is 5.69 Å². The highest BCUT2D eigenvalue weighted by Crippen LogP contribution is 2.28. The zero-order valence-corrected chi connectivity index (χ0v) is 13.1. The first kappa shape index (κ1) is 17.4. The third-order valence-corrected chi connectivity index (χ3v) is 4.83. The van der Waals surface area contributed by atoms with Crippen LogP contribution in [0, 0.1) is 16.0 Å². The highest BCUT2D eigenvalue weighted by atomic mass is 32.2. The molecule has 1 aromatic rings. The van der Waals surface area contributed by atoms with Crippen molar-refractivity contribution in [2.75, 3.05) is 13.7 Å². The van der Waals surface area contributed by atoms with E-state index < -0.39 is 14.9 Å². The Morgan fingerprint density at radius 2 is 1.95 bits per heavy atom. The quantitative estimate of drug-likeness (QED) is 0.586. The number of rotatable bonds is 8. The van der Waals surface area contributed by atoms with Crippen molar-refractivity contribution in [3.8, 4) is 5.75 Å². The number of hydrogen-bond acceptors (Lipinski definition) is 5. The number of hydrogen-bond donors (Lipinski definition) is 1. The van der Waals surface area contributed by atoms with Gasteiger partial charge in [-0.25, -0.2) is 13.1 Å². The average Bonchev–Trinajstić information content (AvgIpc) is 2.47. The molecule has 0 amide bonds. The van der Waals surface area contributed by atoms with Crippen LogP contribution in [0.25, 0.3) is 0 Å². The first-order chi connectivity index (χ1) is 9.85. The van der Waals surface area contributed by atoms with Gasteiger partial charge in [-0.15, -0.1) is 0 Å². The molecular formula is C13H20N2O5S. The minimum Gasteiger partial charge on any atom is -0.495 e. The zero-order valence-electron chi connectivity index (χ0n) is 12.3. The summed E-state index contributed by atoms with van der Waals surface area (Å²) in [6.45, 7) is 4.32. The van der Waals surface area contributed by atoms with Crippen LogP contribution in [0.1, 0.15) is 26.7 Å². The summed E-state index contributed by atoms with van der Waals surface area (Å²) in [6, 6.07) is 3.44. The van der Waals surface area contributed by atoms with E-state index in [4.69, 9.17) is 4.74 Å². The molecule has 118 valence electrons. The fraction of sp³-hybridized carbons (Fsp3) is 0.538. The van der Waals surface area contributed by atoms with E-state index in [1.165, 1.54) is 13.2 Å². The van der Waals surface area contributed by atoms with E-state index >= 15 is 0 Å². The van der Waals surface area contributed by atoms with Gasteiger partial charge >= 0.3 is 0 Å². The average molecular weight is 316 g/mol. The lowest BCUT2D eigenvalue weighted by atomic mass is 10.0. The number of sulfonamides is 1. The highest BCUT2D eigenvalue weighted by molar-refractivity contribution is 7.89. The molecule has 0 aliphatic rings. The summed E-state index contributed by atoms with van der Waals surface area (Å²) in [5.74, 6) is 0.213. The first-order valence-corrected chi connectivity index (χ1v) is 8.16. The summed E-state index contributed by atoms with van der Waals surface area (Å²) in [6.07, 6.45) is 1.74. The van der Waals surface area contributed by atoms with Crippen molar-refractivity contribution in [3.63, 3.8) is 0 Å². The number of nitro groups is 1. The van der Waals surface area contributed by atoms with Gasteiger partial charge in [-0.2, -0.15) is 0 Å². The van der Waals surface area contributed by atoms with Gasteiger partial charge in [-0.05, 0) is 12.0 Å². The van der Waals surface area contributed by atoms with Crippen LogP contribution < -0.4 is 9.46 Å². The van der Waals surface area contributed by atoms with E-state index in [1.807, 2.05) is 13.8 Å². The third kappa shape index (κ3) is 4.40. The molecule has 0 aliphatic carbocycles. The predicted octanol–water partition coefficient (Wildman–Crippen LogP) is 2.32. The van der Waals surface area contributed by atoms with E-state index in [1.54, 1.807) is 0 Å². The largest absolute Gasteiger partial charge is 0.495 e. The number of nitrogens with zero attached hydrogens (tertiary/aromatic N) is 1. The number of methoxy groups -OCH3 is 1. The minimum absolute atomic E-state index is 0.0405. The molecule has 0 spiro atoms. The maximum atomic E-state index is 12.3. The second-order valence-corrected chi connectivity index (χ2v) is 6.36. The monoisotopic (exact) mass is 316 g/mol. The Morgan fingerprint density at radius 3 is 2.43 bits per heavy atom. The maximum Gasteiger partial charge on any atom is 0.273 e. The lowest BCUT2D eigenvalue weighted by Crippen LogP contribution is -2.29. The van der Waals surface area contributed by atoms with Gasteiger partial charge in [0.1, 0.15) is 10.6 Å². The fourth-order valence-electron chi connectivity index (χ4n) is 1.87. The van der Waals surface area contributed by atoms with Crippen molar-refractivity contribution in [2.24, 2.45) is 5.92 Å². The Kier molecular flexibility index (Phi) is 6.10. The molecular weight excluding hydrogens is 296 g/mol. The van der Waals surface area contributed by atoms with E-state index in [0.29, 0.717) is 6.54 Å². The molecule has 0 bridgehead atoms. The minimum atomic E-state index is -3.76. The predicted molar refractivity (Wildman–Crippen MR) is 78.9 cm³/mol. The Morgan fingerprint density at radius 1 is 1.33 bits per heavy atom. The first-order valence-electron chi connectivity index (χ1n) is 6.67. The van der Waals surface area contributed by atoms with Crippen molar-refractivity contribution in [1.82, 2.24) is 4.72 Å². The Labute approximate surface area is 124 Å². The lowest BCUT2D eigenvalue weighted by Gasteiger charge is -2.15. The van der Waals surface area contributed by atoms with Crippen molar-refractivity contribution in [1.29, 1.82) is 0 Å². The molecule has 0 unspecified atom stereocenters. The molecule has 7 nitrogen and oxygen atoms in total. The Bertz CT molecular complexity index is 597. The molecule has 0 atom stereocenters. The van der Waals surface area contributed by atoms with Crippen LogP contribution in [0.4, 0.5) is 5.69 Å². The summed E-state index contributed by atoms with van der Waals surface area (Å²) in [5, 5.41) is 10.7. The van der Waals surface area contributed by atoms with Gasteiger partial charge in [0.15, 0.2) is 0 Å². The van der Waals surface area contributed by atoms with Gasteiger partial charge < -0.3 is 4.74 Å². The smallest absolute Gasteiger partial charge is 0.273 e. The van der Waals surface area contributed by atoms with Crippen molar-refractivity contribution >= 4 is 15.7 Å². The van der Waals surface area contributed by atoms with Crippen LogP contribution in [0.3, 0.4) is 0 Å². The molecule has 21 heavy (non-hydrogen) atoms. The van der Waals surface area contributed by atoms with Crippen LogP contribution in [-0.4, -0.2) is 27.0 Å². The highest BCUT2D eigenvalue weighted by Gasteiger charge is 2.22. The van der Waals surface area contributed by atoms with Crippen LogP contribution in [0.5, 0.6) is 5.75 Å². The number of ether oxygens (including phenoxy) is 1. The number of non-ortho nitro benzene ring substituents is 1. The molecule has 0 heterocycles. The number of nitrogens with one attached hydrogen (secondary N) is 1. The lowest BCUT2D eigenvalue weighted by molar-refractivity contribution is -0.385. The topological polar surface area (TPSA) is 98.5 Å². The van der Waals surface area contributed by atoms with Crippen LogP contribution in [0.15, 0.2) is 23.1 Å². The molecule has 0 saturated heterocycles. The normalized spacial score (nSPS) is 11.6. The molecule has 0 aromatic heterocycles. The van der Waals surface area contributed by atoms with Gasteiger partial charge in [0, 0.05) is 12.6 Å². The molecule has 0 radical (unpaired) electrons. The standard InChI is InChI=1S/C13H20N2O5S/c1-4-10(5-2)9-14-21(18,19)13-7-6-11(15(16)17)8-12(13)20-3/h6-8,10,14H,4-5,9H2,1-3H3. The van der Waals surface area contributed by atoms with E-state index in [-0.39, 0.29) is 22.3 Å². The molecule has 1 N–H and O–H groups in total. The number of nitro benzene ring substituents is 1.